The number of urea groups is 2. The molecule has 0 spiro atoms. The van der Waals surface area contributed by atoms with Gasteiger partial charge in [0.15, 0.2) is 0 Å². The SMILES string of the molecule is CC(C)(C)NC(=O)N1CCCCN(C(=O)NC(C)(C)C)C(=O)c2cccc(c2)-c2cccc(c2)C1=O. The summed E-state index contributed by atoms with van der Waals surface area (Å²) >= 11 is 0. The van der Waals surface area contributed by atoms with Crippen molar-refractivity contribution in [3.8, 4) is 11.1 Å². The fourth-order valence-electron chi connectivity index (χ4n) is 3.88. The summed E-state index contributed by atoms with van der Waals surface area (Å²) in [5, 5.41) is 5.73. The van der Waals surface area contributed by atoms with Crippen molar-refractivity contribution in [3.63, 3.8) is 0 Å². The largest absolute Gasteiger partial charge is 0.333 e. The Morgan fingerprint density at radius 3 is 1.31 bits per heavy atom. The first-order valence-corrected chi connectivity index (χ1v) is 12.2. The van der Waals surface area contributed by atoms with Gasteiger partial charge in [-0.2, -0.15) is 0 Å². The lowest BCUT2D eigenvalue weighted by molar-refractivity contribution is 0.0762. The highest BCUT2D eigenvalue weighted by atomic mass is 16.2. The maximum Gasteiger partial charge on any atom is 0.324 e. The van der Waals surface area contributed by atoms with E-state index in [0.717, 1.165) is 11.1 Å². The van der Waals surface area contributed by atoms with Crippen LogP contribution >= 0.6 is 0 Å². The number of carbonyl (C=O) groups excluding carboxylic acids is 4. The molecule has 1 heterocycles. The Hall–Kier alpha value is -3.68. The van der Waals surface area contributed by atoms with Gasteiger partial charge in [0.25, 0.3) is 11.8 Å². The van der Waals surface area contributed by atoms with Gasteiger partial charge in [-0.3, -0.25) is 19.4 Å². The van der Waals surface area contributed by atoms with E-state index in [1.54, 1.807) is 36.4 Å². The number of hydrogen-bond donors (Lipinski definition) is 2. The average Bonchev–Trinajstić information content (AvgIpc) is 2.78. The van der Waals surface area contributed by atoms with Crippen LogP contribution in [0.5, 0.6) is 0 Å². The molecule has 2 N–H and O–H groups in total. The zero-order chi connectivity index (χ0) is 26.7. The number of carbonyl (C=O) groups is 4. The van der Waals surface area contributed by atoms with Gasteiger partial charge in [0.05, 0.1) is 0 Å². The molecule has 0 fully saturated rings. The Bertz CT molecular complexity index is 1070. The van der Waals surface area contributed by atoms with E-state index in [1.165, 1.54) is 9.80 Å². The lowest BCUT2D eigenvalue weighted by Crippen LogP contribution is -2.51. The van der Waals surface area contributed by atoms with E-state index in [9.17, 15) is 19.2 Å². The van der Waals surface area contributed by atoms with Crippen molar-refractivity contribution in [1.82, 2.24) is 20.4 Å². The fourth-order valence-corrected chi connectivity index (χ4v) is 3.88. The monoisotopic (exact) mass is 492 g/mol. The first-order chi connectivity index (χ1) is 16.7. The minimum absolute atomic E-state index is 0.152. The van der Waals surface area contributed by atoms with Gasteiger partial charge in [0.2, 0.25) is 0 Å². The number of rotatable bonds is 0. The molecule has 0 atom stereocenters. The van der Waals surface area contributed by atoms with Crippen molar-refractivity contribution in [2.45, 2.75) is 65.5 Å². The highest BCUT2D eigenvalue weighted by Gasteiger charge is 2.29. The van der Waals surface area contributed by atoms with Gasteiger partial charge in [-0.25, -0.2) is 9.59 Å². The molecule has 36 heavy (non-hydrogen) atoms. The number of imide groups is 2. The molecule has 0 unspecified atom stereocenters. The number of nitrogens with one attached hydrogen (secondary N) is 2. The van der Waals surface area contributed by atoms with Crippen LogP contribution in [-0.2, 0) is 0 Å². The van der Waals surface area contributed by atoms with E-state index in [4.69, 9.17) is 0 Å². The van der Waals surface area contributed by atoms with E-state index >= 15 is 0 Å². The summed E-state index contributed by atoms with van der Waals surface area (Å²) in [6.07, 6.45) is 0.852. The second-order valence-electron chi connectivity index (χ2n) is 11.1. The molecule has 3 rings (SSSR count). The van der Waals surface area contributed by atoms with Gasteiger partial charge >= 0.3 is 12.1 Å². The van der Waals surface area contributed by atoms with Gasteiger partial charge in [-0.1, -0.05) is 24.3 Å². The molecule has 2 aromatic carbocycles. The number of fused-ring (bicyclic) bond motifs is 5. The third-order valence-corrected chi connectivity index (χ3v) is 5.51. The molecule has 0 aliphatic carbocycles. The summed E-state index contributed by atoms with van der Waals surface area (Å²) in [5.74, 6) is -0.796. The number of benzene rings is 2. The Morgan fingerprint density at radius 1 is 0.639 bits per heavy atom. The van der Waals surface area contributed by atoms with Crippen molar-refractivity contribution in [2.24, 2.45) is 0 Å². The second kappa shape index (κ2) is 10.5. The van der Waals surface area contributed by atoms with Gasteiger partial charge < -0.3 is 10.6 Å². The molecule has 0 aromatic heterocycles. The molecule has 8 heteroatoms. The topological polar surface area (TPSA) is 98.8 Å². The summed E-state index contributed by atoms with van der Waals surface area (Å²) in [6.45, 7) is 11.4. The van der Waals surface area contributed by atoms with Gasteiger partial charge in [-0.05, 0) is 89.8 Å². The molecule has 8 nitrogen and oxygen atoms in total. The Morgan fingerprint density at radius 2 is 0.972 bits per heavy atom. The van der Waals surface area contributed by atoms with Crippen molar-refractivity contribution >= 4 is 23.9 Å². The summed E-state index contributed by atoms with van der Waals surface area (Å²) in [6, 6.07) is 13.0. The second-order valence-corrected chi connectivity index (χ2v) is 11.1. The van der Waals surface area contributed by atoms with Gasteiger partial charge in [-0.15, -0.1) is 0 Å². The normalized spacial score (nSPS) is 15.3. The van der Waals surface area contributed by atoms with Crippen LogP contribution in [-0.4, -0.2) is 57.8 Å². The lowest BCUT2D eigenvalue weighted by atomic mass is 10.00. The first-order valence-electron chi connectivity index (χ1n) is 12.2. The maximum atomic E-state index is 13.4. The van der Waals surface area contributed by atoms with Gasteiger partial charge in [0, 0.05) is 35.3 Å². The van der Waals surface area contributed by atoms with Crippen LogP contribution in [0, 0.1) is 0 Å². The van der Waals surface area contributed by atoms with E-state index in [2.05, 4.69) is 10.6 Å². The molecule has 4 bridgehead atoms. The molecule has 2 aromatic rings. The minimum atomic E-state index is -0.521. The maximum absolute atomic E-state index is 13.4. The Kier molecular flexibility index (Phi) is 7.86. The fraction of sp³-hybridized carbons (Fsp3) is 0.429. The third-order valence-electron chi connectivity index (χ3n) is 5.51. The molecular formula is C28H36N4O4. The van der Waals surface area contributed by atoms with Crippen LogP contribution in [0.25, 0.3) is 11.1 Å². The highest BCUT2D eigenvalue weighted by molar-refractivity contribution is 6.06. The van der Waals surface area contributed by atoms with Crippen molar-refractivity contribution < 1.29 is 19.2 Å². The smallest absolute Gasteiger partial charge is 0.324 e. The summed E-state index contributed by atoms with van der Waals surface area (Å²) < 4.78 is 0. The molecule has 192 valence electrons. The number of hydrogen-bond acceptors (Lipinski definition) is 4. The molecule has 0 saturated heterocycles. The predicted octanol–water partition coefficient (Wildman–Crippen LogP) is 5.05. The van der Waals surface area contributed by atoms with E-state index in [0.29, 0.717) is 24.0 Å². The van der Waals surface area contributed by atoms with E-state index in [1.807, 2.05) is 53.7 Å². The zero-order valence-electron chi connectivity index (χ0n) is 22.0. The number of nitrogens with zero attached hydrogens (tertiary/aromatic N) is 2. The molecule has 0 radical (unpaired) electrons. The van der Waals surface area contributed by atoms with Crippen molar-refractivity contribution in [1.29, 1.82) is 0 Å². The van der Waals surface area contributed by atoms with Gasteiger partial charge in [0.1, 0.15) is 0 Å². The average molecular weight is 493 g/mol. The van der Waals surface area contributed by atoms with E-state index < -0.39 is 35.0 Å². The standard InChI is InChI=1S/C28H36N4O4/c1-27(2,3)29-25(35)31-15-7-8-16-32(26(36)30-28(4,5)6)24(34)22-14-10-12-20(18-22)19-11-9-13-21(17-19)23(31)33/h9-14,17-18H,7-8,15-16H2,1-6H3,(H,29,35)(H,30,36). The molecule has 0 saturated carbocycles. The van der Waals surface area contributed by atoms with Crippen molar-refractivity contribution in [2.75, 3.05) is 13.1 Å². The lowest BCUT2D eigenvalue weighted by Gasteiger charge is -2.29. The summed E-state index contributed by atoms with van der Waals surface area (Å²) in [4.78, 5) is 55.4. The van der Waals surface area contributed by atoms with Crippen molar-refractivity contribution in [3.05, 3.63) is 59.7 Å². The minimum Gasteiger partial charge on any atom is -0.333 e. The van der Waals surface area contributed by atoms with Crippen LogP contribution in [0.1, 0.15) is 75.1 Å². The van der Waals surface area contributed by atoms with Crippen LogP contribution in [0.4, 0.5) is 9.59 Å². The zero-order valence-corrected chi connectivity index (χ0v) is 22.0. The van der Waals surface area contributed by atoms with E-state index in [-0.39, 0.29) is 13.1 Å². The molecule has 1 aliphatic heterocycles. The Labute approximate surface area is 213 Å². The van der Waals surface area contributed by atoms with Crippen LogP contribution in [0.3, 0.4) is 0 Å². The first kappa shape index (κ1) is 26.9. The molecule has 1 aliphatic rings. The summed E-state index contributed by atoms with van der Waals surface area (Å²) in [7, 11) is 0. The third kappa shape index (κ3) is 6.93. The molecule has 6 amide bonds. The number of amides is 6. The van der Waals surface area contributed by atoms with Crippen LogP contribution < -0.4 is 10.6 Å². The predicted molar refractivity (Wildman–Crippen MR) is 140 cm³/mol. The van der Waals surface area contributed by atoms with Crippen LogP contribution in [0.2, 0.25) is 0 Å². The van der Waals surface area contributed by atoms with Crippen LogP contribution in [0.15, 0.2) is 48.5 Å². The quantitative estimate of drug-likeness (QED) is 0.538. The highest BCUT2D eigenvalue weighted by Crippen LogP contribution is 2.24. The Balaban J connectivity index is 2.05. The molecular weight excluding hydrogens is 456 g/mol. The summed E-state index contributed by atoms with van der Waals surface area (Å²) in [5.41, 5.74) is 1.19.